The van der Waals surface area contributed by atoms with E-state index >= 15 is 0 Å². The molecule has 0 saturated heterocycles. The van der Waals surface area contributed by atoms with Crippen molar-refractivity contribution in [2.75, 3.05) is 7.05 Å². The van der Waals surface area contributed by atoms with Gasteiger partial charge in [-0.15, -0.1) is 12.4 Å². The average molecular weight is 376 g/mol. The van der Waals surface area contributed by atoms with Crippen molar-refractivity contribution < 1.29 is 15.0 Å². The molecule has 4 rings (SSSR count). The Morgan fingerprint density at radius 3 is 2.65 bits per heavy atom. The predicted molar refractivity (Wildman–Crippen MR) is 100 cm³/mol. The summed E-state index contributed by atoms with van der Waals surface area (Å²) in [5.74, 6) is -1.85. The van der Waals surface area contributed by atoms with Gasteiger partial charge in [0.25, 0.3) is 5.56 Å². The third-order valence-corrected chi connectivity index (χ3v) is 4.74. The largest absolute Gasteiger partial charge is 0.506 e. The van der Waals surface area contributed by atoms with Crippen molar-refractivity contribution >= 4 is 29.3 Å². The highest BCUT2D eigenvalue weighted by Crippen LogP contribution is 2.39. The van der Waals surface area contributed by atoms with Gasteiger partial charge in [-0.25, -0.2) is 4.79 Å². The van der Waals surface area contributed by atoms with Gasteiger partial charge in [-0.1, -0.05) is 6.07 Å². The number of carbonyl (C=O) groups is 1. The van der Waals surface area contributed by atoms with Crippen molar-refractivity contribution in [1.29, 1.82) is 0 Å². The molecule has 5 N–H and O–H groups in total. The summed E-state index contributed by atoms with van der Waals surface area (Å²) >= 11 is 0. The fourth-order valence-electron chi connectivity index (χ4n) is 3.66. The zero-order valence-electron chi connectivity index (χ0n) is 14.0. The maximum absolute atomic E-state index is 12.1. The minimum absolute atomic E-state index is 0. The molecule has 0 unspecified atom stereocenters. The first-order valence-corrected chi connectivity index (χ1v) is 8.01. The van der Waals surface area contributed by atoms with Crippen LogP contribution >= 0.6 is 12.4 Å². The van der Waals surface area contributed by atoms with E-state index in [1.165, 1.54) is 0 Å². The monoisotopic (exact) mass is 375 g/mol. The van der Waals surface area contributed by atoms with Crippen LogP contribution in [0.2, 0.25) is 0 Å². The molecule has 1 aromatic carbocycles. The highest BCUT2D eigenvalue weighted by atomic mass is 35.5. The summed E-state index contributed by atoms with van der Waals surface area (Å²) in [5.41, 5.74) is 3.59. The fraction of sp³-hybridized carbons (Fsp3) is 0.222. The normalized spacial score (nSPS) is 12.3. The second-order valence-electron chi connectivity index (χ2n) is 6.21. The van der Waals surface area contributed by atoms with Crippen LogP contribution in [0.1, 0.15) is 27.2 Å². The van der Waals surface area contributed by atoms with Gasteiger partial charge in [-0.3, -0.25) is 4.79 Å². The lowest BCUT2D eigenvalue weighted by atomic mass is 9.86. The minimum Gasteiger partial charge on any atom is -0.506 e. The highest BCUT2D eigenvalue weighted by molar-refractivity contribution is 5.95. The Morgan fingerprint density at radius 2 is 1.96 bits per heavy atom. The Bertz CT molecular complexity index is 1080. The average Bonchev–Trinajstić information content (AvgIpc) is 2.97. The zero-order valence-corrected chi connectivity index (χ0v) is 14.8. The van der Waals surface area contributed by atoms with Gasteiger partial charge in [0.2, 0.25) is 0 Å². The molecule has 1 aliphatic carbocycles. The maximum Gasteiger partial charge on any atom is 0.345 e. The number of carboxylic acids is 1. The van der Waals surface area contributed by atoms with Crippen LogP contribution in [-0.2, 0) is 19.4 Å². The Balaban J connectivity index is 0.00000196. The SMILES string of the molecule is CNCc1cc2c3c(ccc2[nH]1)-c1[nH]c(=O)c(C(=O)O)c(O)c1CC3.Cl. The number of H-pyrrole nitrogens is 2. The summed E-state index contributed by atoms with van der Waals surface area (Å²) in [4.78, 5) is 29.3. The standard InChI is InChI=1S/C18H17N3O4.ClH/c1-19-7-8-6-12-9-2-3-11-15(10(9)4-5-13(12)20-8)21-17(23)14(16(11)22)18(24)25;/h4-6,19-20H,2-3,7H2,1H3,(H,24,25)(H2,21,22,23);1H. The number of hydrogen-bond acceptors (Lipinski definition) is 4. The number of aromatic nitrogens is 2. The van der Waals surface area contributed by atoms with Gasteiger partial charge in [-0.05, 0) is 37.6 Å². The summed E-state index contributed by atoms with van der Waals surface area (Å²) in [5, 5.41) is 23.6. The van der Waals surface area contributed by atoms with E-state index in [0.29, 0.717) is 24.1 Å². The molecule has 0 bridgehead atoms. The summed E-state index contributed by atoms with van der Waals surface area (Å²) in [6, 6.07) is 5.91. The van der Waals surface area contributed by atoms with Crippen molar-refractivity contribution in [3.63, 3.8) is 0 Å². The van der Waals surface area contributed by atoms with Crippen molar-refractivity contribution in [2.24, 2.45) is 0 Å². The molecule has 2 aromatic heterocycles. The zero-order chi connectivity index (χ0) is 17.7. The number of halogens is 1. The van der Waals surface area contributed by atoms with Gasteiger partial charge in [0.05, 0.1) is 5.69 Å². The number of rotatable bonds is 3. The first-order chi connectivity index (χ1) is 12.0. The van der Waals surface area contributed by atoms with Crippen LogP contribution in [0.25, 0.3) is 22.2 Å². The minimum atomic E-state index is -1.43. The van der Waals surface area contributed by atoms with Crippen LogP contribution in [-0.4, -0.2) is 33.2 Å². The predicted octanol–water partition coefficient (Wildman–Crippen LogP) is 2.17. The van der Waals surface area contributed by atoms with E-state index in [1.54, 1.807) is 0 Å². The lowest BCUT2D eigenvalue weighted by Crippen LogP contribution is -2.22. The number of aryl methyl sites for hydroxylation is 1. The number of aromatic amines is 2. The number of hydrogen-bond donors (Lipinski definition) is 5. The van der Waals surface area contributed by atoms with E-state index in [0.717, 1.165) is 34.3 Å². The van der Waals surface area contributed by atoms with Crippen molar-refractivity contribution in [3.05, 3.63) is 50.9 Å². The topological polar surface area (TPSA) is 118 Å². The van der Waals surface area contributed by atoms with Crippen LogP contribution in [0.3, 0.4) is 0 Å². The summed E-state index contributed by atoms with van der Waals surface area (Å²) in [7, 11) is 1.88. The maximum atomic E-state index is 12.1. The summed E-state index contributed by atoms with van der Waals surface area (Å²) < 4.78 is 0. The van der Waals surface area contributed by atoms with Crippen molar-refractivity contribution in [3.8, 4) is 17.0 Å². The molecule has 0 aliphatic heterocycles. The second kappa shape index (κ2) is 6.51. The van der Waals surface area contributed by atoms with Gasteiger partial charge in [0.15, 0.2) is 5.56 Å². The Kier molecular flexibility index (Phi) is 4.52. The van der Waals surface area contributed by atoms with Gasteiger partial charge < -0.3 is 25.5 Å². The van der Waals surface area contributed by atoms with Crippen molar-refractivity contribution in [1.82, 2.24) is 15.3 Å². The molecule has 136 valence electrons. The molecule has 0 amide bonds. The molecule has 7 nitrogen and oxygen atoms in total. The molecule has 0 fully saturated rings. The first kappa shape index (κ1) is 18.0. The van der Waals surface area contributed by atoms with Crippen LogP contribution in [0, 0.1) is 0 Å². The Hall–Kier alpha value is -2.77. The van der Waals surface area contributed by atoms with Crippen LogP contribution in [0.5, 0.6) is 5.75 Å². The third-order valence-electron chi connectivity index (χ3n) is 4.74. The molecule has 3 aromatic rings. The van der Waals surface area contributed by atoms with E-state index in [-0.39, 0.29) is 12.4 Å². The second-order valence-corrected chi connectivity index (χ2v) is 6.21. The van der Waals surface area contributed by atoms with Gasteiger partial charge in [-0.2, -0.15) is 0 Å². The molecule has 8 heteroatoms. The van der Waals surface area contributed by atoms with Crippen LogP contribution in [0.4, 0.5) is 0 Å². The lowest BCUT2D eigenvalue weighted by molar-refractivity contribution is 0.0691. The number of fused-ring (bicyclic) bond motifs is 5. The molecule has 0 spiro atoms. The van der Waals surface area contributed by atoms with E-state index in [2.05, 4.69) is 21.4 Å². The molecular weight excluding hydrogens is 358 g/mol. The Morgan fingerprint density at radius 1 is 1.23 bits per heavy atom. The van der Waals surface area contributed by atoms with Gasteiger partial charge in [0, 0.05) is 34.3 Å². The number of pyridine rings is 1. The van der Waals surface area contributed by atoms with Gasteiger partial charge in [0.1, 0.15) is 5.75 Å². The number of benzene rings is 1. The van der Waals surface area contributed by atoms with E-state index in [9.17, 15) is 14.7 Å². The number of aromatic hydroxyl groups is 1. The molecule has 26 heavy (non-hydrogen) atoms. The number of aromatic carboxylic acids is 1. The first-order valence-electron chi connectivity index (χ1n) is 8.01. The molecule has 1 aliphatic rings. The summed E-state index contributed by atoms with van der Waals surface area (Å²) in [6.45, 7) is 0.722. The van der Waals surface area contributed by atoms with Gasteiger partial charge >= 0.3 is 5.97 Å². The summed E-state index contributed by atoms with van der Waals surface area (Å²) in [6.07, 6.45) is 1.13. The third kappa shape index (κ3) is 2.56. The number of nitrogens with one attached hydrogen (secondary N) is 3. The van der Waals surface area contributed by atoms with E-state index in [1.807, 2.05) is 19.2 Å². The number of carboxylic acid groups (broad SMARTS) is 1. The smallest absolute Gasteiger partial charge is 0.345 e. The van der Waals surface area contributed by atoms with Crippen LogP contribution in [0.15, 0.2) is 23.0 Å². The molecule has 0 atom stereocenters. The molecule has 2 heterocycles. The lowest BCUT2D eigenvalue weighted by Gasteiger charge is -2.21. The Labute approximate surface area is 154 Å². The van der Waals surface area contributed by atoms with E-state index in [4.69, 9.17) is 5.11 Å². The molecule has 0 saturated carbocycles. The molecular formula is C18H18ClN3O4. The van der Waals surface area contributed by atoms with Crippen LogP contribution < -0.4 is 10.9 Å². The highest BCUT2D eigenvalue weighted by Gasteiger charge is 2.27. The molecule has 0 radical (unpaired) electrons. The van der Waals surface area contributed by atoms with Crippen molar-refractivity contribution in [2.45, 2.75) is 19.4 Å². The quantitative estimate of drug-likeness (QED) is 0.480. The van der Waals surface area contributed by atoms with E-state index < -0.39 is 22.8 Å². The fourth-order valence-corrected chi connectivity index (χ4v) is 3.66.